The van der Waals surface area contributed by atoms with E-state index in [0.29, 0.717) is 0 Å². The highest BCUT2D eigenvalue weighted by atomic mass is 32.2. The summed E-state index contributed by atoms with van der Waals surface area (Å²) in [6.07, 6.45) is 1.34. The van der Waals surface area contributed by atoms with Crippen LogP contribution in [0.5, 0.6) is 0 Å². The van der Waals surface area contributed by atoms with Gasteiger partial charge >= 0.3 is 11.9 Å². The molecular weight excluding hydrogens is 490 g/mol. The van der Waals surface area contributed by atoms with Gasteiger partial charge in [0.15, 0.2) is 5.69 Å². The van der Waals surface area contributed by atoms with Crippen LogP contribution in [0.1, 0.15) is 45.5 Å². The van der Waals surface area contributed by atoms with Crippen molar-refractivity contribution >= 4 is 46.3 Å². The molecule has 1 atom stereocenters. The summed E-state index contributed by atoms with van der Waals surface area (Å²) in [5, 5.41) is -1.20. The number of fused-ring (bicyclic) bond motifs is 1. The smallest absolute Gasteiger partial charge is 0.357 e. The molecule has 4 rings (SSSR count). The second-order valence-corrected chi connectivity index (χ2v) is 8.77. The van der Waals surface area contributed by atoms with Gasteiger partial charge in [-0.1, -0.05) is 48.2 Å². The van der Waals surface area contributed by atoms with Crippen LogP contribution in [0.2, 0.25) is 0 Å². The standard InChI is InChI=1S/C26H22F2N2O5S/c1-3-34-25(32)21-19(29)16(13-14-9-5-7-11-17(14)27)20-23(26(33)35-4-2)36-22(24(31)30(20)21)15-10-6-8-12-18(15)28/h5-13,22H,3-4,29H2,1-2H3/b16-13+/t22-/m0/s1. The van der Waals surface area contributed by atoms with Gasteiger partial charge in [0.2, 0.25) is 5.91 Å². The van der Waals surface area contributed by atoms with Crippen molar-refractivity contribution in [3.05, 3.63) is 87.6 Å². The number of benzene rings is 2. The summed E-state index contributed by atoms with van der Waals surface area (Å²) in [6, 6.07) is 11.5. The normalized spacial score (nSPS) is 15.6. The molecule has 3 aromatic rings. The molecular formula is C26H22F2N2O5S. The Hall–Kier alpha value is -3.92. The first-order chi connectivity index (χ1) is 17.3. The number of ether oxygens (including phenoxy) is 2. The van der Waals surface area contributed by atoms with Gasteiger partial charge in [-0.15, -0.1) is 0 Å². The topological polar surface area (TPSA) is 101 Å². The van der Waals surface area contributed by atoms with Crippen LogP contribution in [0, 0.1) is 11.6 Å². The summed E-state index contributed by atoms with van der Waals surface area (Å²) < 4.78 is 40.6. The zero-order valence-electron chi connectivity index (χ0n) is 19.4. The van der Waals surface area contributed by atoms with Gasteiger partial charge in [-0.3, -0.25) is 9.36 Å². The van der Waals surface area contributed by atoms with E-state index in [0.717, 1.165) is 16.3 Å². The van der Waals surface area contributed by atoms with E-state index in [1.807, 2.05) is 0 Å². The number of nitrogens with two attached hydrogens (primary N) is 1. The third kappa shape index (κ3) is 4.39. The maximum atomic E-state index is 14.7. The number of esters is 2. The number of halogens is 2. The minimum absolute atomic E-state index is 0.0146. The lowest BCUT2D eigenvalue weighted by molar-refractivity contribution is -0.135. The van der Waals surface area contributed by atoms with Crippen LogP contribution in [0.3, 0.4) is 0 Å². The van der Waals surface area contributed by atoms with Crippen molar-refractivity contribution in [1.29, 1.82) is 0 Å². The Kier molecular flexibility index (Phi) is 7.25. The van der Waals surface area contributed by atoms with Crippen LogP contribution in [0.25, 0.3) is 11.0 Å². The van der Waals surface area contributed by atoms with Gasteiger partial charge in [0.05, 0.1) is 24.3 Å². The van der Waals surface area contributed by atoms with E-state index in [2.05, 4.69) is 0 Å². The third-order valence-electron chi connectivity index (χ3n) is 5.47. The number of aromatic nitrogens is 1. The lowest BCUT2D eigenvalue weighted by atomic mass is 10.1. The molecule has 0 aliphatic carbocycles. The summed E-state index contributed by atoms with van der Waals surface area (Å²) in [7, 11) is 0. The number of nitrogens with zero attached hydrogens (tertiary/aromatic N) is 1. The highest BCUT2D eigenvalue weighted by Gasteiger charge is 2.39. The van der Waals surface area contributed by atoms with Crippen LogP contribution in [-0.2, 0) is 14.3 Å². The molecule has 1 aliphatic rings. The highest BCUT2D eigenvalue weighted by Crippen LogP contribution is 2.40. The van der Waals surface area contributed by atoms with E-state index in [-0.39, 0.29) is 51.2 Å². The summed E-state index contributed by atoms with van der Waals surface area (Å²) in [4.78, 5) is 39.7. The van der Waals surface area contributed by atoms with Crippen molar-refractivity contribution in [2.75, 3.05) is 18.9 Å². The Balaban J connectivity index is 2.13. The molecule has 1 aliphatic heterocycles. The van der Waals surface area contributed by atoms with E-state index in [4.69, 9.17) is 15.2 Å². The molecule has 0 fully saturated rings. The Morgan fingerprint density at radius 2 is 1.61 bits per heavy atom. The largest absolute Gasteiger partial charge is 0.462 e. The monoisotopic (exact) mass is 512 g/mol. The second-order valence-electron chi connectivity index (χ2n) is 7.65. The van der Waals surface area contributed by atoms with Crippen molar-refractivity contribution in [2.24, 2.45) is 0 Å². The first-order valence-electron chi connectivity index (χ1n) is 11.1. The van der Waals surface area contributed by atoms with E-state index < -0.39 is 34.7 Å². The van der Waals surface area contributed by atoms with Gasteiger partial charge < -0.3 is 15.2 Å². The van der Waals surface area contributed by atoms with Gasteiger partial charge in [-0.2, -0.15) is 0 Å². The zero-order valence-corrected chi connectivity index (χ0v) is 20.2. The number of carbonyl (C=O) groups is 3. The van der Waals surface area contributed by atoms with Crippen LogP contribution in [-0.4, -0.2) is 35.6 Å². The highest BCUT2D eigenvalue weighted by molar-refractivity contribution is 8.10. The van der Waals surface area contributed by atoms with E-state index >= 15 is 0 Å². The summed E-state index contributed by atoms with van der Waals surface area (Å²) in [5.41, 5.74) is 5.97. The number of hydrogen-bond donors (Lipinski definition) is 1. The molecule has 0 radical (unpaired) electrons. The quantitative estimate of drug-likeness (QED) is 0.507. The maximum absolute atomic E-state index is 14.7. The lowest BCUT2D eigenvalue weighted by Crippen LogP contribution is -2.43. The fourth-order valence-electron chi connectivity index (χ4n) is 3.91. The van der Waals surface area contributed by atoms with Gasteiger partial charge in [0, 0.05) is 16.3 Å². The molecule has 0 unspecified atom stereocenters. The molecule has 0 bridgehead atoms. The minimum atomic E-state index is -1.22. The van der Waals surface area contributed by atoms with Gasteiger partial charge in [-0.25, -0.2) is 18.4 Å². The van der Waals surface area contributed by atoms with Crippen molar-refractivity contribution in [3.8, 4) is 0 Å². The predicted molar refractivity (Wildman–Crippen MR) is 131 cm³/mol. The molecule has 186 valence electrons. The van der Waals surface area contributed by atoms with Crippen molar-refractivity contribution in [3.63, 3.8) is 0 Å². The van der Waals surface area contributed by atoms with Gasteiger partial charge in [0.25, 0.3) is 0 Å². The average Bonchev–Trinajstić information content (AvgIpc) is 3.14. The maximum Gasteiger partial charge on any atom is 0.357 e. The summed E-state index contributed by atoms with van der Waals surface area (Å²) in [6.45, 7) is 3.19. The SMILES string of the molecule is CCOC(=O)C1=c2/c(=C/c3ccccc3F)c(N)c(C(=O)OCC)n2C(=O)[C@H](c2ccccc2F)S1. The Labute approximate surface area is 209 Å². The number of carbonyl (C=O) groups excluding carboxylic acids is 3. The first-order valence-corrected chi connectivity index (χ1v) is 12.0. The molecule has 0 spiro atoms. The molecule has 2 N–H and O–H groups in total. The number of nitrogen functional groups attached to an aromatic ring is 1. The fourth-order valence-corrected chi connectivity index (χ4v) is 5.14. The second kappa shape index (κ2) is 10.4. The number of anilines is 1. The molecule has 7 nitrogen and oxygen atoms in total. The average molecular weight is 513 g/mol. The molecule has 1 aromatic heterocycles. The molecule has 2 heterocycles. The van der Waals surface area contributed by atoms with E-state index in [9.17, 15) is 23.2 Å². The van der Waals surface area contributed by atoms with E-state index in [1.165, 1.54) is 42.5 Å². The Morgan fingerprint density at radius 3 is 2.25 bits per heavy atom. The lowest BCUT2D eigenvalue weighted by Gasteiger charge is -2.23. The molecule has 2 aromatic carbocycles. The summed E-state index contributed by atoms with van der Waals surface area (Å²) >= 11 is 0.784. The van der Waals surface area contributed by atoms with E-state index in [1.54, 1.807) is 26.0 Å². The van der Waals surface area contributed by atoms with Gasteiger partial charge in [-0.05, 0) is 32.1 Å². The minimum Gasteiger partial charge on any atom is -0.462 e. The zero-order chi connectivity index (χ0) is 26.0. The van der Waals surface area contributed by atoms with Crippen LogP contribution in [0.15, 0.2) is 48.5 Å². The van der Waals surface area contributed by atoms with Crippen LogP contribution < -0.4 is 16.3 Å². The van der Waals surface area contributed by atoms with Crippen LogP contribution >= 0.6 is 11.8 Å². The Bertz CT molecular complexity index is 1500. The Morgan fingerprint density at radius 1 is 1.00 bits per heavy atom. The molecule has 0 saturated heterocycles. The van der Waals surface area contributed by atoms with Crippen molar-refractivity contribution in [2.45, 2.75) is 19.1 Å². The van der Waals surface area contributed by atoms with Crippen LogP contribution in [0.4, 0.5) is 14.5 Å². The molecule has 0 saturated carbocycles. The first kappa shape index (κ1) is 25.2. The number of hydrogen-bond acceptors (Lipinski definition) is 7. The fraction of sp³-hybridized carbons (Fsp3) is 0.192. The van der Waals surface area contributed by atoms with Crippen molar-refractivity contribution < 1.29 is 32.6 Å². The number of rotatable bonds is 6. The van der Waals surface area contributed by atoms with Gasteiger partial charge in [0.1, 0.15) is 21.8 Å². The number of thioether (sulfide) groups is 1. The van der Waals surface area contributed by atoms with Crippen molar-refractivity contribution in [1.82, 2.24) is 4.57 Å². The molecule has 36 heavy (non-hydrogen) atoms. The molecule has 10 heteroatoms. The third-order valence-corrected chi connectivity index (χ3v) is 6.75. The predicted octanol–water partition coefficient (Wildman–Crippen LogP) is 3.15. The molecule has 0 amide bonds. The summed E-state index contributed by atoms with van der Waals surface area (Å²) in [5.74, 6) is -3.66.